The number of nitrogens with one attached hydrogen (secondary N) is 3. The molecule has 0 bridgehead atoms. The van der Waals surface area contributed by atoms with Crippen molar-refractivity contribution < 1.29 is 23.5 Å². The zero-order valence-electron chi connectivity index (χ0n) is 15.2. The molecule has 3 N–H and O–H groups in total. The normalized spacial score (nSPS) is 24.5. The molecular weight excluding hydrogens is 369 g/mol. The van der Waals surface area contributed by atoms with Crippen molar-refractivity contribution in [3.05, 3.63) is 30.1 Å². The van der Waals surface area contributed by atoms with Crippen LogP contribution in [0.5, 0.6) is 5.75 Å². The van der Waals surface area contributed by atoms with Gasteiger partial charge in [-0.2, -0.15) is 0 Å². The van der Waals surface area contributed by atoms with E-state index in [9.17, 15) is 18.8 Å². The quantitative estimate of drug-likeness (QED) is 0.683. The molecule has 150 valence electrons. The van der Waals surface area contributed by atoms with E-state index >= 15 is 0 Å². The molecule has 0 aromatic heterocycles. The Kier molecular flexibility index (Phi) is 4.93. The van der Waals surface area contributed by atoms with Gasteiger partial charge in [0, 0.05) is 38.9 Å². The lowest BCUT2D eigenvalue weighted by Crippen LogP contribution is -2.46. The maximum Gasteiger partial charge on any atom is 0.320 e. The molecule has 1 aromatic rings. The fourth-order valence-corrected chi connectivity index (χ4v) is 3.75. The standard InChI is InChI=1S/C18H22FN5O4/c19-12-3-1-2-4-13(12)28-11-5-8-23(9-6-11)14(25)7-10-24-16-15(21-18(24)27)20-17(26)22-16/h1-4,11,15-16H,5-10H2,(H,21,27)(H2,20,22,26)/t15-,16-/m1/s1. The average molecular weight is 391 g/mol. The molecule has 0 radical (unpaired) electrons. The van der Waals surface area contributed by atoms with Crippen molar-refractivity contribution in [1.82, 2.24) is 25.8 Å². The first-order valence-corrected chi connectivity index (χ1v) is 9.34. The van der Waals surface area contributed by atoms with Crippen molar-refractivity contribution in [3.8, 4) is 5.75 Å². The Hall–Kier alpha value is -3.04. The third kappa shape index (κ3) is 3.67. The minimum Gasteiger partial charge on any atom is -0.487 e. The van der Waals surface area contributed by atoms with Crippen LogP contribution < -0.4 is 20.7 Å². The second-order valence-corrected chi connectivity index (χ2v) is 7.06. The molecule has 0 unspecified atom stereocenters. The van der Waals surface area contributed by atoms with E-state index in [1.165, 1.54) is 11.0 Å². The Balaban J connectivity index is 1.24. The molecule has 3 saturated heterocycles. The second kappa shape index (κ2) is 7.53. The molecule has 10 heteroatoms. The van der Waals surface area contributed by atoms with Crippen LogP contribution in [0.15, 0.2) is 24.3 Å². The minimum atomic E-state index is -0.479. The van der Waals surface area contributed by atoms with E-state index in [0.717, 1.165) is 0 Å². The third-order valence-electron chi connectivity index (χ3n) is 5.25. The molecule has 3 aliphatic heterocycles. The Morgan fingerprint density at radius 2 is 1.89 bits per heavy atom. The molecule has 28 heavy (non-hydrogen) atoms. The van der Waals surface area contributed by atoms with Gasteiger partial charge in [-0.3, -0.25) is 9.69 Å². The SMILES string of the molecule is O=C1N[C@@H]2NC(=O)N(CCC(=O)N3CCC(Oc4ccccc4F)CC3)[C@H]2N1. The molecule has 3 heterocycles. The smallest absolute Gasteiger partial charge is 0.320 e. The van der Waals surface area contributed by atoms with Crippen LogP contribution in [0.1, 0.15) is 19.3 Å². The number of benzene rings is 1. The predicted molar refractivity (Wildman–Crippen MR) is 95.7 cm³/mol. The van der Waals surface area contributed by atoms with Gasteiger partial charge in [-0.25, -0.2) is 14.0 Å². The molecule has 5 amide bonds. The Morgan fingerprint density at radius 3 is 2.64 bits per heavy atom. The van der Waals surface area contributed by atoms with Gasteiger partial charge in [-0.05, 0) is 12.1 Å². The maximum atomic E-state index is 13.7. The fraction of sp³-hybridized carbons (Fsp3) is 0.500. The largest absolute Gasteiger partial charge is 0.487 e. The number of hydrogen-bond donors (Lipinski definition) is 3. The molecule has 3 aliphatic rings. The van der Waals surface area contributed by atoms with Crippen LogP contribution in [0.3, 0.4) is 0 Å². The van der Waals surface area contributed by atoms with Crippen LogP contribution in [0.4, 0.5) is 14.0 Å². The first kappa shape index (κ1) is 18.3. The molecule has 0 aliphatic carbocycles. The lowest BCUT2D eigenvalue weighted by Gasteiger charge is -2.32. The van der Waals surface area contributed by atoms with E-state index in [4.69, 9.17) is 4.74 Å². The van der Waals surface area contributed by atoms with Crippen LogP contribution in [-0.2, 0) is 4.79 Å². The van der Waals surface area contributed by atoms with Crippen LogP contribution in [0.25, 0.3) is 0 Å². The number of fused-ring (bicyclic) bond motifs is 1. The van der Waals surface area contributed by atoms with E-state index in [1.807, 2.05) is 0 Å². The van der Waals surface area contributed by atoms with Gasteiger partial charge in [0.25, 0.3) is 0 Å². The summed E-state index contributed by atoms with van der Waals surface area (Å²) in [7, 11) is 0. The van der Waals surface area contributed by atoms with Gasteiger partial charge < -0.3 is 25.6 Å². The van der Waals surface area contributed by atoms with Gasteiger partial charge in [0.05, 0.1) is 0 Å². The molecule has 1 aromatic carbocycles. The molecule has 3 fully saturated rings. The van der Waals surface area contributed by atoms with Crippen molar-refractivity contribution in [2.24, 2.45) is 0 Å². The molecule has 2 atom stereocenters. The summed E-state index contributed by atoms with van der Waals surface area (Å²) in [5.41, 5.74) is 0. The number of likely N-dealkylation sites (tertiary alicyclic amines) is 1. The number of nitrogens with zero attached hydrogens (tertiary/aromatic N) is 2. The third-order valence-corrected chi connectivity index (χ3v) is 5.25. The summed E-state index contributed by atoms with van der Waals surface area (Å²) in [5, 5.41) is 7.90. The first-order valence-electron chi connectivity index (χ1n) is 9.34. The molecule has 9 nitrogen and oxygen atoms in total. The van der Waals surface area contributed by atoms with Gasteiger partial charge in [-0.15, -0.1) is 0 Å². The highest BCUT2D eigenvalue weighted by Crippen LogP contribution is 2.22. The number of carbonyl (C=O) groups excluding carboxylic acids is 3. The van der Waals surface area contributed by atoms with Crippen LogP contribution in [0, 0.1) is 5.82 Å². The zero-order valence-corrected chi connectivity index (χ0v) is 15.2. The van der Waals surface area contributed by atoms with E-state index in [2.05, 4.69) is 16.0 Å². The summed E-state index contributed by atoms with van der Waals surface area (Å²) in [6.07, 6.45) is 0.329. The molecule has 4 rings (SSSR count). The summed E-state index contributed by atoms with van der Waals surface area (Å²) in [5.74, 6) is -0.219. The average Bonchev–Trinajstić information content (AvgIpc) is 3.17. The first-order chi connectivity index (χ1) is 13.5. The highest BCUT2D eigenvalue weighted by atomic mass is 19.1. The summed E-state index contributed by atoms with van der Waals surface area (Å²) >= 11 is 0. The summed E-state index contributed by atoms with van der Waals surface area (Å²) in [4.78, 5) is 39.0. The number of rotatable bonds is 5. The molecule has 0 spiro atoms. The van der Waals surface area contributed by atoms with Crippen molar-refractivity contribution in [3.63, 3.8) is 0 Å². The maximum absolute atomic E-state index is 13.7. The van der Waals surface area contributed by atoms with Crippen molar-refractivity contribution in [2.75, 3.05) is 19.6 Å². The summed E-state index contributed by atoms with van der Waals surface area (Å²) in [6.45, 7) is 1.27. The number of piperidine rings is 1. The number of para-hydroxylation sites is 1. The van der Waals surface area contributed by atoms with Gasteiger partial charge in [0.15, 0.2) is 11.6 Å². The van der Waals surface area contributed by atoms with Gasteiger partial charge in [0.2, 0.25) is 5.91 Å². The summed E-state index contributed by atoms with van der Waals surface area (Å²) < 4.78 is 19.4. The van der Waals surface area contributed by atoms with Gasteiger partial charge in [0.1, 0.15) is 18.4 Å². The number of urea groups is 2. The lowest BCUT2D eigenvalue weighted by atomic mass is 10.1. The zero-order chi connectivity index (χ0) is 19.7. The Labute approximate surface area is 161 Å². The van der Waals surface area contributed by atoms with E-state index in [-0.39, 0.29) is 42.8 Å². The second-order valence-electron chi connectivity index (χ2n) is 7.06. The van der Waals surface area contributed by atoms with Crippen molar-refractivity contribution >= 4 is 18.0 Å². The van der Waals surface area contributed by atoms with E-state index in [1.54, 1.807) is 23.1 Å². The number of halogens is 1. The number of ether oxygens (including phenoxy) is 1. The minimum absolute atomic E-state index is 0.0575. The highest BCUT2D eigenvalue weighted by Gasteiger charge is 2.45. The number of hydrogen-bond acceptors (Lipinski definition) is 4. The van der Waals surface area contributed by atoms with Crippen LogP contribution >= 0.6 is 0 Å². The fourth-order valence-electron chi connectivity index (χ4n) is 3.75. The highest BCUT2D eigenvalue weighted by molar-refractivity contribution is 5.85. The monoisotopic (exact) mass is 391 g/mol. The van der Waals surface area contributed by atoms with Crippen LogP contribution in [0.2, 0.25) is 0 Å². The van der Waals surface area contributed by atoms with Gasteiger partial charge in [-0.1, -0.05) is 12.1 Å². The number of amides is 5. The van der Waals surface area contributed by atoms with Crippen molar-refractivity contribution in [2.45, 2.75) is 37.7 Å². The van der Waals surface area contributed by atoms with Gasteiger partial charge >= 0.3 is 12.1 Å². The number of carbonyl (C=O) groups is 3. The van der Waals surface area contributed by atoms with Crippen LogP contribution in [-0.4, -0.2) is 65.8 Å². The summed E-state index contributed by atoms with van der Waals surface area (Å²) in [6, 6.07) is 5.63. The molecular formula is C18H22FN5O4. The topological polar surface area (TPSA) is 103 Å². The predicted octanol–water partition coefficient (Wildman–Crippen LogP) is 0.576. The van der Waals surface area contributed by atoms with E-state index < -0.39 is 18.1 Å². The lowest BCUT2D eigenvalue weighted by molar-refractivity contribution is -0.133. The van der Waals surface area contributed by atoms with E-state index in [0.29, 0.717) is 25.9 Å². The Morgan fingerprint density at radius 1 is 1.14 bits per heavy atom. The molecule has 0 saturated carbocycles. The van der Waals surface area contributed by atoms with Crippen molar-refractivity contribution in [1.29, 1.82) is 0 Å². The Bertz CT molecular complexity index is 783.